The average molecular weight is 267 g/mol. The minimum atomic E-state index is 0.445. The maximum Gasteiger partial charge on any atom is 0.225 e. The molecule has 1 fully saturated rings. The van der Waals surface area contributed by atoms with E-state index >= 15 is 0 Å². The van der Waals surface area contributed by atoms with Gasteiger partial charge in [-0.05, 0) is 30.9 Å². The SMILES string of the molecule is N#CCC1CCCN(c2ncc(-c3ccc[nH]3)cn2)C1. The summed E-state index contributed by atoms with van der Waals surface area (Å²) in [5, 5.41) is 8.81. The number of nitriles is 1. The highest BCUT2D eigenvalue weighted by Gasteiger charge is 2.21. The number of aromatic nitrogens is 3. The smallest absolute Gasteiger partial charge is 0.225 e. The van der Waals surface area contributed by atoms with E-state index in [2.05, 4.69) is 25.9 Å². The molecule has 5 nitrogen and oxygen atoms in total. The Morgan fingerprint density at radius 2 is 2.25 bits per heavy atom. The zero-order chi connectivity index (χ0) is 13.8. The van der Waals surface area contributed by atoms with Crippen LogP contribution in [0.15, 0.2) is 30.7 Å². The summed E-state index contributed by atoms with van der Waals surface area (Å²) in [6.45, 7) is 1.86. The molecule has 5 heteroatoms. The second-order valence-electron chi connectivity index (χ2n) is 5.17. The number of aromatic amines is 1. The molecule has 1 N–H and O–H groups in total. The van der Waals surface area contributed by atoms with E-state index in [4.69, 9.17) is 5.26 Å². The number of nitrogens with zero attached hydrogens (tertiary/aromatic N) is 4. The second-order valence-corrected chi connectivity index (χ2v) is 5.17. The topological polar surface area (TPSA) is 68.6 Å². The summed E-state index contributed by atoms with van der Waals surface area (Å²) in [7, 11) is 0. The zero-order valence-electron chi connectivity index (χ0n) is 11.3. The average Bonchev–Trinajstić information content (AvgIpc) is 3.02. The molecular formula is C15H17N5. The third-order valence-electron chi connectivity index (χ3n) is 3.73. The van der Waals surface area contributed by atoms with Crippen LogP contribution in [0.25, 0.3) is 11.3 Å². The fourth-order valence-corrected chi connectivity index (χ4v) is 2.68. The van der Waals surface area contributed by atoms with Gasteiger partial charge in [0.25, 0.3) is 0 Å². The van der Waals surface area contributed by atoms with Gasteiger partial charge in [-0.1, -0.05) is 0 Å². The van der Waals surface area contributed by atoms with Crippen LogP contribution in [0.1, 0.15) is 19.3 Å². The van der Waals surface area contributed by atoms with Crippen molar-refractivity contribution in [2.24, 2.45) is 5.92 Å². The van der Waals surface area contributed by atoms with E-state index in [9.17, 15) is 0 Å². The normalized spacial score (nSPS) is 18.8. The maximum absolute atomic E-state index is 8.81. The van der Waals surface area contributed by atoms with Crippen LogP contribution in [0, 0.1) is 17.2 Å². The van der Waals surface area contributed by atoms with Gasteiger partial charge < -0.3 is 9.88 Å². The van der Waals surface area contributed by atoms with Crippen LogP contribution in [0.2, 0.25) is 0 Å². The van der Waals surface area contributed by atoms with Crippen molar-refractivity contribution in [3.8, 4) is 17.3 Å². The standard InChI is InChI=1S/C15H17N5/c16-6-5-12-3-2-8-20(11-12)15-18-9-13(10-19-15)14-4-1-7-17-14/h1,4,7,9-10,12,17H,2-3,5,8,11H2. The Bertz CT molecular complexity index is 582. The summed E-state index contributed by atoms with van der Waals surface area (Å²) in [6.07, 6.45) is 8.44. The first-order chi connectivity index (χ1) is 9.86. The fraction of sp³-hybridized carbons (Fsp3) is 0.400. The van der Waals surface area contributed by atoms with Crippen molar-refractivity contribution >= 4 is 5.95 Å². The molecule has 0 aliphatic carbocycles. The fourth-order valence-electron chi connectivity index (χ4n) is 2.68. The van der Waals surface area contributed by atoms with Gasteiger partial charge in [-0.3, -0.25) is 0 Å². The predicted molar refractivity (Wildman–Crippen MR) is 77.0 cm³/mol. The lowest BCUT2D eigenvalue weighted by atomic mass is 9.96. The third kappa shape index (κ3) is 2.64. The Morgan fingerprint density at radius 3 is 2.95 bits per heavy atom. The summed E-state index contributed by atoms with van der Waals surface area (Å²) in [4.78, 5) is 14.3. The number of piperidine rings is 1. The molecule has 0 bridgehead atoms. The first-order valence-corrected chi connectivity index (χ1v) is 6.94. The largest absolute Gasteiger partial charge is 0.361 e. The quantitative estimate of drug-likeness (QED) is 0.928. The Balaban J connectivity index is 1.73. The zero-order valence-corrected chi connectivity index (χ0v) is 11.3. The predicted octanol–water partition coefficient (Wildman–Crippen LogP) is 2.60. The Labute approximate surface area is 118 Å². The summed E-state index contributed by atoms with van der Waals surface area (Å²) in [5.74, 6) is 1.21. The van der Waals surface area contributed by atoms with Crippen LogP contribution >= 0.6 is 0 Å². The van der Waals surface area contributed by atoms with Crippen LogP contribution in [0.5, 0.6) is 0 Å². The van der Waals surface area contributed by atoms with E-state index in [1.807, 2.05) is 30.7 Å². The van der Waals surface area contributed by atoms with Crippen LogP contribution in [-0.4, -0.2) is 28.0 Å². The van der Waals surface area contributed by atoms with E-state index in [0.29, 0.717) is 12.3 Å². The number of anilines is 1. The van der Waals surface area contributed by atoms with Crippen molar-refractivity contribution in [3.05, 3.63) is 30.7 Å². The maximum atomic E-state index is 8.81. The van der Waals surface area contributed by atoms with Crippen molar-refractivity contribution in [1.29, 1.82) is 5.26 Å². The van der Waals surface area contributed by atoms with Crippen molar-refractivity contribution in [3.63, 3.8) is 0 Å². The minimum Gasteiger partial charge on any atom is -0.361 e. The van der Waals surface area contributed by atoms with Gasteiger partial charge in [0, 0.05) is 49.4 Å². The van der Waals surface area contributed by atoms with Gasteiger partial charge in [-0.2, -0.15) is 5.26 Å². The van der Waals surface area contributed by atoms with E-state index in [-0.39, 0.29) is 0 Å². The van der Waals surface area contributed by atoms with Crippen LogP contribution in [-0.2, 0) is 0 Å². The first kappa shape index (κ1) is 12.7. The lowest BCUT2D eigenvalue weighted by Gasteiger charge is -2.31. The molecule has 0 aromatic carbocycles. The van der Waals surface area contributed by atoms with E-state index < -0.39 is 0 Å². The van der Waals surface area contributed by atoms with Crippen LogP contribution in [0.4, 0.5) is 5.95 Å². The summed E-state index contributed by atoms with van der Waals surface area (Å²) < 4.78 is 0. The lowest BCUT2D eigenvalue weighted by Crippen LogP contribution is -2.36. The molecule has 3 rings (SSSR count). The first-order valence-electron chi connectivity index (χ1n) is 6.94. The monoisotopic (exact) mass is 267 g/mol. The van der Waals surface area contributed by atoms with Crippen LogP contribution < -0.4 is 4.90 Å². The molecule has 20 heavy (non-hydrogen) atoms. The Morgan fingerprint density at radius 1 is 1.40 bits per heavy atom. The van der Waals surface area contributed by atoms with E-state index in [0.717, 1.165) is 43.1 Å². The van der Waals surface area contributed by atoms with Crippen molar-refractivity contribution in [2.75, 3.05) is 18.0 Å². The van der Waals surface area contributed by atoms with Gasteiger partial charge in [0.2, 0.25) is 5.95 Å². The van der Waals surface area contributed by atoms with Gasteiger partial charge in [0.05, 0.1) is 6.07 Å². The molecule has 102 valence electrons. The van der Waals surface area contributed by atoms with Gasteiger partial charge in [0.1, 0.15) is 0 Å². The molecule has 0 spiro atoms. The third-order valence-corrected chi connectivity index (χ3v) is 3.73. The Hall–Kier alpha value is -2.35. The highest BCUT2D eigenvalue weighted by molar-refractivity contribution is 5.57. The molecule has 1 unspecified atom stereocenters. The summed E-state index contributed by atoms with van der Waals surface area (Å²) in [5.41, 5.74) is 2.02. The van der Waals surface area contributed by atoms with Gasteiger partial charge in [-0.15, -0.1) is 0 Å². The number of rotatable bonds is 3. The van der Waals surface area contributed by atoms with Gasteiger partial charge in [-0.25, -0.2) is 9.97 Å². The molecule has 3 heterocycles. The van der Waals surface area contributed by atoms with Gasteiger partial charge in [0.15, 0.2) is 0 Å². The van der Waals surface area contributed by atoms with Gasteiger partial charge >= 0.3 is 0 Å². The molecule has 0 saturated carbocycles. The Kier molecular flexibility index (Phi) is 3.64. The molecule has 0 amide bonds. The van der Waals surface area contributed by atoms with E-state index in [1.54, 1.807) is 0 Å². The minimum absolute atomic E-state index is 0.445. The molecular weight excluding hydrogens is 250 g/mol. The molecule has 1 aliphatic rings. The lowest BCUT2D eigenvalue weighted by molar-refractivity contribution is 0.418. The summed E-state index contributed by atoms with van der Waals surface area (Å²) >= 11 is 0. The number of nitrogens with one attached hydrogen (secondary N) is 1. The second kappa shape index (κ2) is 5.74. The highest BCUT2D eigenvalue weighted by atomic mass is 15.2. The van der Waals surface area contributed by atoms with E-state index in [1.165, 1.54) is 0 Å². The molecule has 1 aliphatic heterocycles. The molecule has 1 atom stereocenters. The number of hydrogen-bond acceptors (Lipinski definition) is 4. The van der Waals surface area contributed by atoms with Crippen molar-refractivity contribution in [1.82, 2.24) is 15.0 Å². The number of H-pyrrole nitrogens is 1. The molecule has 1 saturated heterocycles. The van der Waals surface area contributed by atoms with Crippen molar-refractivity contribution in [2.45, 2.75) is 19.3 Å². The molecule has 0 radical (unpaired) electrons. The molecule has 2 aromatic rings. The van der Waals surface area contributed by atoms with Crippen LogP contribution in [0.3, 0.4) is 0 Å². The molecule has 2 aromatic heterocycles. The number of hydrogen-bond donors (Lipinski definition) is 1. The summed E-state index contributed by atoms with van der Waals surface area (Å²) in [6, 6.07) is 6.23. The highest BCUT2D eigenvalue weighted by Crippen LogP contribution is 2.23. The van der Waals surface area contributed by atoms with Crippen molar-refractivity contribution < 1.29 is 0 Å².